The van der Waals surface area contributed by atoms with Gasteiger partial charge in [-0.1, -0.05) is 20.8 Å². The standard InChI is InChI=1S/C22H34N6O2/c1-6-22(4,5)28-21(23-24-25-28)20(16(2)3)27-11-9-26(10-12-27)14-17-7-8-18-19(13-17)30-15-29-18/h7-8,13,16,20H,6,9-12,14-15H2,1-5H3/p+2/t20-/m1/s1. The Labute approximate surface area is 179 Å². The third kappa shape index (κ3) is 4.16. The van der Waals surface area contributed by atoms with Gasteiger partial charge < -0.3 is 19.3 Å². The SMILES string of the molecule is CCC(C)(C)n1nnnc1[C@@H](C(C)C)[NH+]1CC[NH+](Cc2ccc3c(c2)OCO3)CC1. The van der Waals surface area contributed by atoms with Gasteiger partial charge in [-0.3, -0.25) is 0 Å². The summed E-state index contributed by atoms with van der Waals surface area (Å²) in [5.41, 5.74) is 1.24. The van der Waals surface area contributed by atoms with Crippen molar-refractivity contribution in [3.05, 3.63) is 29.6 Å². The third-order valence-corrected chi connectivity index (χ3v) is 6.81. The maximum Gasteiger partial charge on any atom is 0.231 e. The Morgan fingerprint density at radius 1 is 1.10 bits per heavy atom. The Morgan fingerprint density at radius 3 is 2.53 bits per heavy atom. The van der Waals surface area contributed by atoms with E-state index in [2.05, 4.69) is 67.0 Å². The normalized spacial score (nSPS) is 22.5. The molecule has 1 aromatic heterocycles. The van der Waals surface area contributed by atoms with Crippen LogP contribution in [0.1, 0.15) is 58.5 Å². The van der Waals surface area contributed by atoms with Crippen LogP contribution < -0.4 is 19.3 Å². The molecule has 2 aliphatic rings. The van der Waals surface area contributed by atoms with Gasteiger partial charge in [-0.05, 0) is 48.9 Å². The smallest absolute Gasteiger partial charge is 0.231 e. The van der Waals surface area contributed by atoms with E-state index >= 15 is 0 Å². The highest BCUT2D eigenvalue weighted by Crippen LogP contribution is 2.32. The zero-order valence-corrected chi connectivity index (χ0v) is 18.9. The molecule has 0 saturated carbocycles. The molecule has 2 N–H and O–H groups in total. The third-order valence-electron chi connectivity index (χ3n) is 6.81. The minimum absolute atomic E-state index is 0.0716. The van der Waals surface area contributed by atoms with Crippen molar-refractivity contribution in [2.75, 3.05) is 33.0 Å². The molecule has 164 valence electrons. The van der Waals surface area contributed by atoms with Gasteiger partial charge in [0, 0.05) is 11.5 Å². The number of piperazine rings is 1. The second kappa shape index (κ2) is 8.51. The number of rotatable bonds is 7. The van der Waals surface area contributed by atoms with Gasteiger partial charge in [-0.15, -0.1) is 5.10 Å². The van der Waals surface area contributed by atoms with Crippen LogP contribution in [0, 0.1) is 5.92 Å². The maximum atomic E-state index is 5.54. The highest BCUT2D eigenvalue weighted by Gasteiger charge is 2.38. The molecule has 0 amide bonds. The van der Waals surface area contributed by atoms with Gasteiger partial charge in [-0.25, -0.2) is 4.68 Å². The van der Waals surface area contributed by atoms with Crippen molar-refractivity contribution in [1.82, 2.24) is 20.2 Å². The predicted molar refractivity (Wildman–Crippen MR) is 113 cm³/mol. The molecule has 0 aliphatic carbocycles. The van der Waals surface area contributed by atoms with E-state index in [1.54, 1.807) is 9.80 Å². The Bertz CT molecular complexity index is 857. The van der Waals surface area contributed by atoms with Crippen molar-refractivity contribution in [1.29, 1.82) is 0 Å². The summed E-state index contributed by atoms with van der Waals surface area (Å²) in [5, 5.41) is 12.9. The average molecular weight is 417 g/mol. The molecule has 8 nitrogen and oxygen atoms in total. The molecule has 3 heterocycles. The number of nitrogens with one attached hydrogen (secondary N) is 2. The summed E-state index contributed by atoms with van der Waals surface area (Å²) in [6, 6.07) is 6.64. The fourth-order valence-corrected chi connectivity index (χ4v) is 4.67. The van der Waals surface area contributed by atoms with Gasteiger partial charge in [0.2, 0.25) is 12.6 Å². The van der Waals surface area contributed by atoms with Gasteiger partial charge in [0.25, 0.3) is 0 Å². The number of fused-ring (bicyclic) bond motifs is 1. The molecule has 0 bridgehead atoms. The summed E-state index contributed by atoms with van der Waals surface area (Å²) in [6.07, 6.45) is 0.999. The average Bonchev–Trinajstić information content (AvgIpc) is 3.39. The van der Waals surface area contributed by atoms with Crippen LogP contribution in [0.4, 0.5) is 0 Å². The lowest BCUT2D eigenvalue weighted by Crippen LogP contribution is -3.27. The van der Waals surface area contributed by atoms with E-state index in [-0.39, 0.29) is 5.54 Å². The van der Waals surface area contributed by atoms with Gasteiger partial charge in [0.15, 0.2) is 17.5 Å². The number of quaternary nitrogens is 2. The highest BCUT2D eigenvalue weighted by molar-refractivity contribution is 5.44. The van der Waals surface area contributed by atoms with Crippen molar-refractivity contribution in [2.24, 2.45) is 5.92 Å². The zero-order chi connectivity index (χ0) is 21.3. The van der Waals surface area contributed by atoms with Crippen LogP contribution in [0.5, 0.6) is 11.5 Å². The van der Waals surface area contributed by atoms with Crippen molar-refractivity contribution in [2.45, 2.75) is 59.2 Å². The van der Waals surface area contributed by atoms with Crippen molar-refractivity contribution in [3.8, 4) is 11.5 Å². The molecule has 1 fully saturated rings. The molecule has 1 saturated heterocycles. The lowest BCUT2D eigenvalue weighted by Gasteiger charge is -2.36. The minimum Gasteiger partial charge on any atom is -0.454 e. The number of aromatic nitrogens is 4. The Hall–Kier alpha value is -2.19. The molecule has 0 unspecified atom stereocenters. The van der Waals surface area contributed by atoms with E-state index in [1.165, 1.54) is 5.56 Å². The molecule has 30 heavy (non-hydrogen) atoms. The van der Waals surface area contributed by atoms with E-state index in [0.29, 0.717) is 18.8 Å². The van der Waals surface area contributed by atoms with E-state index in [1.807, 2.05) is 6.07 Å². The van der Waals surface area contributed by atoms with E-state index in [0.717, 1.165) is 56.5 Å². The highest BCUT2D eigenvalue weighted by atomic mass is 16.7. The molecular formula is C22H36N6O2+2. The first kappa shape index (κ1) is 21.1. The van der Waals surface area contributed by atoms with Crippen molar-refractivity contribution in [3.63, 3.8) is 0 Å². The second-order valence-electron chi connectivity index (χ2n) is 9.61. The molecule has 4 rings (SSSR count). The number of ether oxygens (including phenoxy) is 2. The van der Waals surface area contributed by atoms with Gasteiger partial charge >= 0.3 is 0 Å². The fourth-order valence-electron chi connectivity index (χ4n) is 4.67. The summed E-state index contributed by atoms with van der Waals surface area (Å²) in [6.45, 7) is 17.1. The maximum absolute atomic E-state index is 5.54. The van der Waals surface area contributed by atoms with Crippen LogP contribution in [0.2, 0.25) is 0 Å². The van der Waals surface area contributed by atoms with E-state index in [9.17, 15) is 0 Å². The summed E-state index contributed by atoms with van der Waals surface area (Å²) in [7, 11) is 0. The van der Waals surface area contributed by atoms with Crippen LogP contribution in [-0.4, -0.2) is 53.2 Å². The van der Waals surface area contributed by atoms with Crippen molar-refractivity contribution >= 4 is 0 Å². The molecule has 1 atom stereocenters. The summed E-state index contributed by atoms with van der Waals surface area (Å²) in [5.74, 6) is 3.25. The first-order chi connectivity index (χ1) is 14.4. The molecule has 2 aromatic rings. The van der Waals surface area contributed by atoms with Gasteiger partial charge in [0.1, 0.15) is 32.7 Å². The largest absolute Gasteiger partial charge is 0.454 e. The van der Waals surface area contributed by atoms with Crippen LogP contribution in [0.3, 0.4) is 0 Å². The number of nitrogens with zero attached hydrogens (tertiary/aromatic N) is 4. The Kier molecular flexibility index (Phi) is 5.97. The minimum atomic E-state index is -0.0716. The predicted octanol–water partition coefficient (Wildman–Crippen LogP) is 0.228. The number of hydrogen-bond acceptors (Lipinski definition) is 5. The van der Waals surface area contributed by atoms with Crippen molar-refractivity contribution < 1.29 is 19.3 Å². The first-order valence-corrected chi connectivity index (χ1v) is 11.2. The Balaban J connectivity index is 1.43. The monoisotopic (exact) mass is 416 g/mol. The molecule has 2 aliphatic heterocycles. The zero-order valence-electron chi connectivity index (χ0n) is 18.9. The first-order valence-electron chi connectivity index (χ1n) is 11.2. The quantitative estimate of drug-likeness (QED) is 0.676. The van der Waals surface area contributed by atoms with E-state index in [4.69, 9.17) is 9.47 Å². The summed E-state index contributed by atoms with van der Waals surface area (Å²) in [4.78, 5) is 3.22. The lowest BCUT2D eigenvalue weighted by atomic mass is 9.97. The Morgan fingerprint density at radius 2 is 1.83 bits per heavy atom. The summed E-state index contributed by atoms with van der Waals surface area (Å²) < 4.78 is 13.0. The lowest BCUT2D eigenvalue weighted by molar-refractivity contribution is -1.03. The second-order valence-corrected chi connectivity index (χ2v) is 9.61. The van der Waals surface area contributed by atoms with E-state index < -0.39 is 0 Å². The summed E-state index contributed by atoms with van der Waals surface area (Å²) >= 11 is 0. The molecule has 1 aromatic carbocycles. The molecule has 8 heteroatoms. The van der Waals surface area contributed by atoms with Gasteiger partial charge in [-0.2, -0.15) is 0 Å². The molecule has 0 spiro atoms. The number of tetrazole rings is 1. The van der Waals surface area contributed by atoms with Crippen LogP contribution >= 0.6 is 0 Å². The number of hydrogen-bond donors (Lipinski definition) is 2. The topological polar surface area (TPSA) is 70.9 Å². The van der Waals surface area contributed by atoms with Crippen LogP contribution in [-0.2, 0) is 12.1 Å². The molecular weight excluding hydrogens is 380 g/mol. The molecule has 0 radical (unpaired) electrons. The van der Waals surface area contributed by atoms with Crippen LogP contribution in [0.15, 0.2) is 18.2 Å². The number of benzene rings is 1. The van der Waals surface area contributed by atoms with Crippen LogP contribution in [0.25, 0.3) is 0 Å². The van der Waals surface area contributed by atoms with Gasteiger partial charge in [0.05, 0.1) is 5.54 Å². The fraction of sp³-hybridized carbons (Fsp3) is 0.682.